The number of esters is 1. The van der Waals surface area contributed by atoms with Gasteiger partial charge in [-0.15, -0.1) is 0 Å². The van der Waals surface area contributed by atoms with E-state index in [0.717, 1.165) is 6.42 Å². The van der Waals surface area contributed by atoms with Gasteiger partial charge in [-0.05, 0) is 36.5 Å². The third kappa shape index (κ3) is 2.07. The van der Waals surface area contributed by atoms with Crippen molar-refractivity contribution in [2.24, 2.45) is 23.7 Å². The highest BCUT2D eigenvalue weighted by atomic mass is 79.9. The van der Waals surface area contributed by atoms with Crippen LogP contribution in [0.25, 0.3) is 0 Å². The third-order valence-electron chi connectivity index (χ3n) is 5.51. The van der Waals surface area contributed by atoms with Crippen molar-refractivity contribution in [3.63, 3.8) is 0 Å². The van der Waals surface area contributed by atoms with Crippen molar-refractivity contribution in [3.05, 3.63) is 29.8 Å². The fraction of sp³-hybridized carbons (Fsp3) is 0.471. The van der Waals surface area contributed by atoms with Crippen LogP contribution in [0.3, 0.4) is 0 Å². The smallest absolute Gasteiger partial charge is 0.337 e. The number of anilines is 1. The summed E-state index contributed by atoms with van der Waals surface area (Å²) in [5.74, 6) is -0.960. The Hall–Kier alpha value is -1.21. The number of carbonyl (C=O) groups is 3. The fourth-order valence-electron chi connectivity index (χ4n) is 4.49. The van der Waals surface area contributed by atoms with E-state index in [1.54, 1.807) is 24.3 Å². The minimum atomic E-state index is -0.489. The molecular weight excluding hydrogens is 442 g/mol. The zero-order valence-electron chi connectivity index (χ0n) is 12.8. The average molecular weight is 457 g/mol. The molecule has 5 nitrogen and oxygen atoms in total. The lowest BCUT2D eigenvalue weighted by atomic mass is 9.81. The number of methoxy groups -OCH3 is 1. The van der Waals surface area contributed by atoms with E-state index in [1.165, 1.54) is 12.0 Å². The van der Waals surface area contributed by atoms with Gasteiger partial charge in [-0.1, -0.05) is 37.9 Å². The number of ether oxygens (including phenoxy) is 1. The summed E-state index contributed by atoms with van der Waals surface area (Å²) >= 11 is 7.34. The van der Waals surface area contributed by atoms with Crippen LogP contribution in [0.4, 0.5) is 5.69 Å². The Morgan fingerprint density at radius 1 is 1.12 bits per heavy atom. The highest BCUT2D eigenvalue weighted by Crippen LogP contribution is 2.60. The van der Waals surface area contributed by atoms with Gasteiger partial charge in [0.05, 0.1) is 30.2 Å². The van der Waals surface area contributed by atoms with E-state index in [1.807, 2.05) is 0 Å². The lowest BCUT2D eigenvalue weighted by Crippen LogP contribution is -2.37. The molecule has 0 aromatic heterocycles. The first-order valence-corrected chi connectivity index (χ1v) is 9.63. The topological polar surface area (TPSA) is 63.7 Å². The number of imide groups is 1. The number of hydrogen-bond donors (Lipinski definition) is 0. The molecule has 1 aliphatic heterocycles. The van der Waals surface area contributed by atoms with Crippen molar-refractivity contribution in [3.8, 4) is 0 Å². The monoisotopic (exact) mass is 455 g/mol. The first-order valence-electron chi connectivity index (χ1n) is 7.80. The molecular formula is C17H15Br2NO4. The van der Waals surface area contributed by atoms with E-state index in [0.29, 0.717) is 11.3 Å². The van der Waals surface area contributed by atoms with Crippen LogP contribution >= 0.6 is 31.9 Å². The molecule has 0 N–H and O–H groups in total. The lowest BCUT2D eigenvalue weighted by Gasteiger charge is -2.28. The van der Waals surface area contributed by atoms with Crippen molar-refractivity contribution in [1.82, 2.24) is 0 Å². The summed E-state index contributed by atoms with van der Waals surface area (Å²) < 4.78 is 4.71. The zero-order valence-corrected chi connectivity index (χ0v) is 16.0. The van der Waals surface area contributed by atoms with Gasteiger partial charge in [0.15, 0.2) is 0 Å². The van der Waals surface area contributed by atoms with Crippen LogP contribution < -0.4 is 4.90 Å². The maximum atomic E-state index is 12.9. The van der Waals surface area contributed by atoms with Gasteiger partial charge in [0.25, 0.3) is 0 Å². The van der Waals surface area contributed by atoms with Gasteiger partial charge >= 0.3 is 5.97 Å². The fourth-order valence-corrected chi connectivity index (χ4v) is 6.37. The number of hydrogen-bond acceptors (Lipinski definition) is 4. The third-order valence-corrected chi connectivity index (χ3v) is 8.72. The number of fused-ring (bicyclic) bond motifs is 5. The van der Waals surface area contributed by atoms with Gasteiger partial charge in [-0.3, -0.25) is 14.5 Å². The number of amides is 2. The highest BCUT2D eigenvalue weighted by Gasteiger charge is 2.66. The molecule has 7 heteroatoms. The summed E-state index contributed by atoms with van der Waals surface area (Å²) in [6.45, 7) is 0. The van der Waals surface area contributed by atoms with Crippen LogP contribution in [-0.2, 0) is 14.3 Å². The zero-order chi connectivity index (χ0) is 17.2. The Bertz CT molecular complexity index is 720. The lowest BCUT2D eigenvalue weighted by molar-refractivity contribution is -0.123. The molecule has 1 aromatic rings. The Labute approximate surface area is 156 Å². The van der Waals surface area contributed by atoms with Crippen LogP contribution in [0.5, 0.6) is 0 Å². The second kappa shape index (κ2) is 5.66. The Kier molecular flexibility index (Phi) is 3.84. The second-order valence-electron chi connectivity index (χ2n) is 6.56. The maximum Gasteiger partial charge on any atom is 0.337 e. The van der Waals surface area contributed by atoms with Crippen LogP contribution in [-0.4, -0.2) is 34.5 Å². The van der Waals surface area contributed by atoms with Gasteiger partial charge in [0.2, 0.25) is 11.8 Å². The molecule has 24 heavy (non-hydrogen) atoms. The van der Waals surface area contributed by atoms with E-state index in [9.17, 15) is 14.4 Å². The standard InChI is InChI=1S/C17H15Br2NO4/c1-24-17(23)7-3-2-4-8(5-7)20-15(21)11-9-6-10(12(11)16(20)22)14(19)13(9)18/h2-5,9-14H,6H2,1H3/t9-,10-,11-,12+,13-,14+/m1/s1. The Morgan fingerprint density at radius 2 is 1.71 bits per heavy atom. The van der Waals surface area contributed by atoms with E-state index in [4.69, 9.17) is 4.74 Å². The van der Waals surface area contributed by atoms with Gasteiger partial charge in [-0.25, -0.2) is 4.79 Å². The molecule has 3 fully saturated rings. The SMILES string of the molecule is COC(=O)c1cccc(N2C(=O)[C@@H]3[C@H]4C[C@@H]([C@H](Br)[C@@H]4Br)[C@@H]3C2=O)c1. The normalized spacial score (nSPS) is 37.0. The largest absolute Gasteiger partial charge is 0.465 e. The molecule has 0 spiro atoms. The minimum Gasteiger partial charge on any atom is -0.465 e. The molecule has 2 aliphatic carbocycles. The quantitative estimate of drug-likeness (QED) is 0.390. The number of rotatable bonds is 2. The summed E-state index contributed by atoms with van der Waals surface area (Å²) in [7, 11) is 1.30. The molecule has 4 rings (SSSR count). The minimum absolute atomic E-state index is 0.150. The van der Waals surface area contributed by atoms with E-state index in [2.05, 4.69) is 31.9 Å². The van der Waals surface area contributed by atoms with E-state index < -0.39 is 5.97 Å². The molecule has 2 amide bonds. The molecule has 2 bridgehead atoms. The first kappa shape index (κ1) is 16.3. The predicted molar refractivity (Wildman–Crippen MR) is 94.3 cm³/mol. The van der Waals surface area contributed by atoms with Crippen molar-refractivity contribution in [1.29, 1.82) is 0 Å². The summed E-state index contributed by atoms with van der Waals surface area (Å²) in [4.78, 5) is 39.3. The van der Waals surface area contributed by atoms with Gasteiger partial charge < -0.3 is 4.74 Å². The summed E-state index contributed by atoms with van der Waals surface area (Å²) in [6, 6.07) is 6.49. The molecule has 0 radical (unpaired) electrons. The Balaban J connectivity index is 1.70. The number of nitrogens with zero attached hydrogens (tertiary/aromatic N) is 1. The molecule has 1 heterocycles. The molecule has 6 atom stereocenters. The Morgan fingerprint density at radius 3 is 2.25 bits per heavy atom. The summed E-state index contributed by atoms with van der Waals surface area (Å²) in [5, 5.41) is 0. The van der Waals surface area contributed by atoms with Crippen molar-refractivity contribution >= 4 is 55.3 Å². The van der Waals surface area contributed by atoms with Crippen molar-refractivity contribution in [2.75, 3.05) is 12.0 Å². The number of carbonyl (C=O) groups excluding carboxylic acids is 3. The van der Waals surface area contributed by atoms with Gasteiger partial charge in [0.1, 0.15) is 0 Å². The highest BCUT2D eigenvalue weighted by molar-refractivity contribution is 9.12. The van der Waals surface area contributed by atoms with Crippen molar-refractivity contribution < 1.29 is 19.1 Å². The van der Waals surface area contributed by atoms with Gasteiger partial charge in [-0.2, -0.15) is 0 Å². The number of halogens is 2. The first-order chi connectivity index (χ1) is 11.5. The number of benzene rings is 1. The van der Waals surface area contributed by atoms with Crippen LogP contribution in [0, 0.1) is 23.7 Å². The van der Waals surface area contributed by atoms with Crippen LogP contribution in [0.1, 0.15) is 16.8 Å². The summed E-state index contributed by atoms with van der Waals surface area (Å²) in [5.41, 5.74) is 0.770. The van der Waals surface area contributed by atoms with Crippen LogP contribution in [0.2, 0.25) is 0 Å². The molecule has 2 saturated carbocycles. The van der Waals surface area contributed by atoms with Crippen molar-refractivity contribution in [2.45, 2.75) is 16.1 Å². The molecule has 1 saturated heterocycles. The molecule has 0 unspecified atom stereocenters. The maximum absolute atomic E-state index is 12.9. The molecule has 1 aromatic carbocycles. The molecule has 3 aliphatic rings. The van der Waals surface area contributed by atoms with E-state index >= 15 is 0 Å². The average Bonchev–Trinajstić information content (AvgIpc) is 3.19. The number of alkyl halides is 2. The van der Waals surface area contributed by atoms with Crippen LogP contribution in [0.15, 0.2) is 24.3 Å². The predicted octanol–water partition coefficient (Wildman–Crippen LogP) is 2.76. The second-order valence-corrected chi connectivity index (χ2v) is 8.67. The summed E-state index contributed by atoms with van der Waals surface area (Å²) in [6.07, 6.45) is 0.898. The van der Waals surface area contributed by atoms with Gasteiger partial charge in [0, 0.05) is 9.65 Å². The van der Waals surface area contributed by atoms with E-state index in [-0.39, 0.29) is 45.1 Å². The molecule has 126 valence electrons.